The number of thiophene rings is 1. The lowest BCUT2D eigenvalue weighted by atomic mass is 9.69. The average molecular weight is 221 g/mol. The van der Waals surface area contributed by atoms with Crippen LogP contribution in [0.3, 0.4) is 0 Å². The molecular formula is C11H11NO2S. The molecule has 3 nitrogen and oxygen atoms in total. The summed E-state index contributed by atoms with van der Waals surface area (Å²) >= 11 is 1.48. The molecule has 0 atom stereocenters. The van der Waals surface area contributed by atoms with E-state index in [1.54, 1.807) is 11.4 Å². The predicted molar refractivity (Wildman–Crippen MR) is 56.8 cm³/mol. The lowest BCUT2D eigenvalue weighted by Gasteiger charge is -2.33. The number of rotatable bonds is 2. The van der Waals surface area contributed by atoms with Gasteiger partial charge in [0.25, 0.3) is 0 Å². The monoisotopic (exact) mass is 221 g/mol. The van der Waals surface area contributed by atoms with Gasteiger partial charge in [0.05, 0.1) is 24.2 Å². The van der Waals surface area contributed by atoms with E-state index in [1.807, 2.05) is 0 Å². The maximum atomic E-state index is 11.2. The van der Waals surface area contributed by atoms with Crippen LogP contribution in [0.2, 0.25) is 0 Å². The zero-order valence-corrected chi connectivity index (χ0v) is 9.26. The molecule has 1 aliphatic rings. The highest BCUT2D eigenvalue weighted by Crippen LogP contribution is 2.45. The van der Waals surface area contributed by atoms with E-state index in [9.17, 15) is 4.79 Å². The Kier molecular flexibility index (Phi) is 2.49. The van der Waals surface area contributed by atoms with Gasteiger partial charge in [0.15, 0.2) is 0 Å². The molecule has 1 aromatic rings. The fraction of sp³-hybridized carbons (Fsp3) is 0.455. The van der Waals surface area contributed by atoms with Crippen molar-refractivity contribution in [2.24, 2.45) is 0 Å². The molecule has 1 fully saturated rings. The first-order valence-electron chi connectivity index (χ1n) is 4.80. The van der Waals surface area contributed by atoms with Crippen molar-refractivity contribution in [2.75, 3.05) is 7.11 Å². The smallest absolute Gasteiger partial charge is 0.338 e. The Morgan fingerprint density at radius 3 is 2.87 bits per heavy atom. The Balaban J connectivity index is 2.28. The number of methoxy groups -OCH3 is 1. The third kappa shape index (κ3) is 1.53. The molecule has 0 saturated heterocycles. The second kappa shape index (κ2) is 3.67. The van der Waals surface area contributed by atoms with Crippen molar-refractivity contribution in [1.82, 2.24) is 0 Å². The van der Waals surface area contributed by atoms with Crippen LogP contribution in [0.15, 0.2) is 11.4 Å². The largest absolute Gasteiger partial charge is 0.465 e. The Labute approximate surface area is 92.3 Å². The molecule has 4 heteroatoms. The number of nitriles is 1. The van der Waals surface area contributed by atoms with Crippen LogP contribution in [0.5, 0.6) is 0 Å². The third-order valence-corrected chi connectivity index (χ3v) is 4.05. The van der Waals surface area contributed by atoms with Crippen LogP contribution in [0.4, 0.5) is 0 Å². The fourth-order valence-corrected chi connectivity index (χ4v) is 2.84. The van der Waals surface area contributed by atoms with Gasteiger partial charge in [0, 0.05) is 10.3 Å². The van der Waals surface area contributed by atoms with Gasteiger partial charge in [-0.25, -0.2) is 4.79 Å². The van der Waals surface area contributed by atoms with Crippen molar-refractivity contribution in [3.63, 3.8) is 0 Å². The lowest BCUT2D eigenvalue weighted by Crippen LogP contribution is -2.31. The number of carbonyl (C=O) groups excluding carboxylic acids is 1. The Morgan fingerprint density at radius 2 is 2.40 bits per heavy atom. The van der Waals surface area contributed by atoms with Crippen LogP contribution in [0.1, 0.15) is 34.5 Å². The van der Waals surface area contributed by atoms with Gasteiger partial charge in [-0.15, -0.1) is 11.3 Å². The predicted octanol–water partition coefficient (Wildman–Crippen LogP) is 2.48. The molecule has 2 rings (SSSR count). The van der Waals surface area contributed by atoms with Gasteiger partial charge in [-0.1, -0.05) is 0 Å². The van der Waals surface area contributed by atoms with E-state index in [1.165, 1.54) is 18.4 Å². The maximum absolute atomic E-state index is 11.2. The highest BCUT2D eigenvalue weighted by molar-refractivity contribution is 7.10. The van der Waals surface area contributed by atoms with Gasteiger partial charge in [-0.3, -0.25) is 0 Å². The molecule has 1 heterocycles. The second-order valence-corrected chi connectivity index (χ2v) is 4.65. The number of hydrogen-bond donors (Lipinski definition) is 0. The summed E-state index contributed by atoms with van der Waals surface area (Å²) < 4.78 is 4.63. The van der Waals surface area contributed by atoms with E-state index >= 15 is 0 Å². The van der Waals surface area contributed by atoms with Gasteiger partial charge >= 0.3 is 5.97 Å². The van der Waals surface area contributed by atoms with E-state index in [4.69, 9.17) is 5.26 Å². The number of nitrogens with zero attached hydrogens (tertiary/aromatic N) is 1. The third-order valence-electron chi connectivity index (χ3n) is 2.91. The van der Waals surface area contributed by atoms with E-state index in [0.29, 0.717) is 5.56 Å². The quantitative estimate of drug-likeness (QED) is 0.721. The highest BCUT2D eigenvalue weighted by Gasteiger charge is 2.40. The van der Waals surface area contributed by atoms with Crippen molar-refractivity contribution in [3.05, 3.63) is 21.9 Å². The summed E-state index contributed by atoms with van der Waals surface area (Å²) in [6.45, 7) is 0. The van der Waals surface area contributed by atoms with Crippen molar-refractivity contribution >= 4 is 17.3 Å². The molecule has 0 radical (unpaired) electrons. The van der Waals surface area contributed by atoms with E-state index in [-0.39, 0.29) is 11.4 Å². The van der Waals surface area contributed by atoms with Crippen LogP contribution >= 0.6 is 11.3 Å². The van der Waals surface area contributed by atoms with Gasteiger partial charge in [-0.2, -0.15) is 5.26 Å². The van der Waals surface area contributed by atoms with Crippen LogP contribution in [0.25, 0.3) is 0 Å². The molecule has 0 spiro atoms. The van der Waals surface area contributed by atoms with Crippen LogP contribution < -0.4 is 0 Å². The average Bonchev–Trinajstić information content (AvgIpc) is 2.65. The van der Waals surface area contributed by atoms with Gasteiger partial charge in [0.1, 0.15) is 0 Å². The summed E-state index contributed by atoms with van der Waals surface area (Å²) in [5.74, 6) is -0.329. The zero-order chi connectivity index (χ0) is 10.9. The number of ether oxygens (including phenoxy) is 1. The lowest BCUT2D eigenvalue weighted by molar-refractivity contribution is 0.0601. The summed E-state index contributed by atoms with van der Waals surface area (Å²) in [5, 5.41) is 10.9. The second-order valence-electron chi connectivity index (χ2n) is 3.74. The first-order chi connectivity index (χ1) is 7.22. The van der Waals surface area contributed by atoms with E-state index in [0.717, 1.165) is 24.1 Å². The summed E-state index contributed by atoms with van der Waals surface area (Å²) in [6, 6.07) is 4.15. The van der Waals surface area contributed by atoms with E-state index < -0.39 is 0 Å². The van der Waals surface area contributed by atoms with Crippen LogP contribution in [-0.4, -0.2) is 13.1 Å². The summed E-state index contributed by atoms with van der Waals surface area (Å²) in [6.07, 6.45) is 2.91. The van der Waals surface area contributed by atoms with Gasteiger partial charge in [0.2, 0.25) is 0 Å². The fourth-order valence-electron chi connectivity index (χ4n) is 1.76. The van der Waals surface area contributed by atoms with Crippen LogP contribution in [-0.2, 0) is 10.2 Å². The molecule has 0 unspecified atom stereocenters. The molecule has 15 heavy (non-hydrogen) atoms. The summed E-state index contributed by atoms with van der Waals surface area (Å²) in [5.41, 5.74) is 0.232. The summed E-state index contributed by atoms with van der Waals surface area (Å²) in [4.78, 5) is 12.2. The number of esters is 1. The normalized spacial score (nSPS) is 17.6. The first kappa shape index (κ1) is 10.2. The van der Waals surface area contributed by atoms with Gasteiger partial charge < -0.3 is 4.74 Å². The minimum absolute atomic E-state index is 0.322. The Bertz CT molecular complexity index is 426. The van der Waals surface area contributed by atoms with Crippen molar-refractivity contribution in [2.45, 2.75) is 24.7 Å². The standard InChI is InChI=1S/C11H11NO2S/c1-14-10(13)8-5-9(15-6-8)11(7-12)3-2-4-11/h5-6H,2-4H2,1H3. The van der Waals surface area contributed by atoms with Crippen molar-refractivity contribution < 1.29 is 9.53 Å². The molecule has 1 saturated carbocycles. The maximum Gasteiger partial charge on any atom is 0.338 e. The highest BCUT2D eigenvalue weighted by atomic mass is 32.1. The van der Waals surface area contributed by atoms with Gasteiger partial charge in [-0.05, 0) is 25.3 Å². The zero-order valence-electron chi connectivity index (χ0n) is 8.45. The molecule has 0 N–H and O–H groups in total. The minimum atomic E-state index is -0.329. The van der Waals surface area contributed by atoms with E-state index in [2.05, 4.69) is 10.8 Å². The minimum Gasteiger partial charge on any atom is -0.465 e. The summed E-state index contributed by atoms with van der Waals surface area (Å²) in [7, 11) is 1.36. The molecule has 1 aliphatic carbocycles. The van der Waals surface area contributed by atoms with Crippen LogP contribution in [0, 0.1) is 11.3 Å². The van der Waals surface area contributed by atoms with Crippen molar-refractivity contribution in [3.8, 4) is 6.07 Å². The Hall–Kier alpha value is -1.34. The molecule has 0 bridgehead atoms. The molecule has 0 aromatic carbocycles. The first-order valence-corrected chi connectivity index (χ1v) is 5.68. The number of hydrogen-bond acceptors (Lipinski definition) is 4. The molecular weight excluding hydrogens is 210 g/mol. The Morgan fingerprint density at radius 1 is 1.67 bits per heavy atom. The molecule has 0 aliphatic heterocycles. The number of carbonyl (C=O) groups is 1. The molecule has 0 amide bonds. The van der Waals surface area contributed by atoms with Crippen molar-refractivity contribution in [1.29, 1.82) is 5.26 Å². The SMILES string of the molecule is COC(=O)c1csc(C2(C#N)CCC2)c1. The topological polar surface area (TPSA) is 50.1 Å². The molecule has 1 aromatic heterocycles. The molecule has 78 valence electrons.